The fraction of sp³-hybridized carbons (Fsp3) is 0.286. The third-order valence-corrected chi connectivity index (χ3v) is 2.70. The van der Waals surface area contributed by atoms with Crippen LogP contribution in [0.3, 0.4) is 0 Å². The Morgan fingerprint density at radius 1 is 1.05 bits per heavy atom. The number of aromatic nitrogens is 2. The Labute approximate surface area is 110 Å². The summed E-state index contributed by atoms with van der Waals surface area (Å²) < 4.78 is 24.7. The van der Waals surface area contributed by atoms with Gasteiger partial charge in [-0.3, -0.25) is 9.97 Å². The van der Waals surface area contributed by atoms with Crippen molar-refractivity contribution in [3.05, 3.63) is 59.2 Å². The van der Waals surface area contributed by atoms with E-state index in [0.29, 0.717) is 13.1 Å². The molecule has 1 aromatic carbocycles. The second-order valence-electron chi connectivity index (χ2n) is 4.29. The summed E-state index contributed by atoms with van der Waals surface area (Å²) in [4.78, 5) is 8.37. The highest BCUT2D eigenvalue weighted by molar-refractivity contribution is 5.23. The largest absolute Gasteiger partial charge is 0.307 e. The van der Waals surface area contributed by atoms with Crippen molar-refractivity contribution < 1.29 is 8.78 Å². The first-order valence-corrected chi connectivity index (χ1v) is 6.00. The molecule has 1 aromatic heterocycles. The molecule has 1 heterocycles. The van der Waals surface area contributed by atoms with Gasteiger partial charge in [0.1, 0.15) is 0 Å². The highest BCUT2D eigenvalue weighted by Crippen LogP contribution is 2.18. The second kappa shape index (κ2) is 6.33. The summed E-state index contributed by atoms with van der Waals surface area (Å²) in [5, 5.41) is 3.20. The molecular formula is C14H15F2N3. The molecule has 5 heteroatoms. The Morgan fingerprint density at radius 2 is 1.79 bits per heavy atom. The van der Waals surface area contributed by atoms with E-state index in [-0.39, 0.29) is 5.56 Å². The number of halogens is 2. The van der Waals surface area contributed by atoms with Gasteiger partial charge in [0.25, 0.3) is 6.43 Å². The van der Waals surface area contributed by atoms with Crippen LogP contribution in [0, 0.1) is 6.92 Å². The van der Waals surface area contributed by atoms with Crippen LogP contribution in [-0.4, -0.2) is 9.97 Å². The first-order valence-electron chi connectivity index (χ1n) is 6.00. The monoisotopic (exact) mass is 263 g/mol. The van der Waals surface area contributed by atoms with E-state index in [4.69, 9.17) is 0 Å². The fourth-order valence-electron chi connectivity index (χ4n) is 1.63. The lowest BCUT2D eigenvalue weighted by Gasteiger charge is -2.06. The molecular weight excluding hydrogens is 248 g/mol. The zero-order valence-electron chi connectivity index (χ0n) is 10.6. The normalized spacial score (nSPS) is 10.9. The molecule has 2 rings (SSSR count). The molecule has 100 valence electrons. The highest BCUT2D eigenvalue weighted by Gasteiger charge is 2.05. The van der Waals surface area contributed by atoms with Crippen LogP contribution >= 0.6 is 0 Å². The predicted molar refractivity (Wildman–Crippen MR) is 68.7 cm³/mol. The summed E-state index contributed by atoms with van der Waals surface area (Å²) in [6.45, 7) is 3.09. The van der Waals surface area contributed by atoms with Crippen LogP contribution < -0.4 is 5.32 Å². The third kappa shape index (κ3) is 4.06. The van der Waals surface area contributed by atoms with E-state index >= 15 is 0 Å². The summed E-state index contributed by atoms with van der Waals surface area (Å²) in [6, 6.07) is 6.31. The first-order chi connectivity index (χ1) is 9.15. The van der Waals surface area contributed by atoms with Crippen LogP contribution in [0.15, 0.2) is 36.7 Å². The number of nitrogens with zero attached hydrogens (tertiary/aromatic N) is 2. The van der Waals surface area contributed by atoms with Crippen molar-refractivity contribution in [1.82, 2.24) is 15.3 Å². The maximum Gasteiger partial charge on any atom is 0.263 e. The molecule has 2 aromatic rings. The van der Waals surface area contributed by atoms with Crippen molar-refractivity contribution in [2.45, 2.75) is 26.4 Å². The highest BCUT2D eigenvalue weighted by atomic mass is 19.3. The zero-order chi connectivity index (χ0) is 13.7. The zero-order valence-corrected chi connectivity index (χ0v) is 10.6. The second-order valence-corrected chi connectivity index (χ2v) is 4.29. The molecule has 3 nitrogen and oxygen atoms in total. The SMILES string of the molecule is Cc1cnc(CNCc2ccc(C(F)F)cc2)cn1. The molecule has 0 saturated carbocycles. The van der Waals surface area contributed by atoms with Gasteiger partial charge in [0, 0.05) is 31.0 Å². The van der Waals surface area contributed by atoms with Gasteiger partial charge in [-0.05, 0) is 12.5 Å². The van der Waals surface area contributed by atoms with Gasteiger partial charge in [0.2, 0.25) is 0 Å². The van der Waals surface area contributed by atoms with Crippen LogP contribution in [0.5, 0.6) is 0 Å². The first kappa shape index (κ1) is 13.5. The summed E-state index contributed by atoms with van der Waals surface area (Å²) in [5.74, 6) is 0. The number of benzene rings is 1. The molecule has 0 aliphatic rings. The molecule has 0 atom stereocenters. The Bertz CT molecular complexity index is 509. The van der Waals surface area contributed by atoms with E-state index in [9.17, 15) is 8.78 Å². The molecule has 0 fully saturated rings. The summed E-state index contributed by atoms with van der Waals surface area (Å²) in [6.07, 6.45) is 1.03. The van der Waals surface area contributed by atoms with Gasteiger partial charge < -0.3 is 5.32 Å². The van der Waals surface area contributed by atoms with Crippen LogP contribution in [0.4, 0.5) is 8.78 Å². The van der Waals surface area contributed by atoms with Gasteiger partial charge in [0.15, 0.2) is 0 Å². The molecule has 0 radical (unpaired) electrons. The predicted octanol–water partition coefficient (Wildman–Crippen LogP) is 3.01. The number of rotatable bonds is 5. The average Bonchev–Trinajstić information content (AvgIpc) is 2.41. The smallest absolute Gasteiger partial charge is 0.263 e. The van der Waals surface area contributed by atoms with Crippen LogP contribution in [0.1, 0.15) is 28.9 Å². The van der Waals surface area contributed by atoms with Gasteiger partial charge in [-0.2, -0.15) is 0 Å². The topological polar surface area (TPSA) is 37.8 Å². The van der Waals surface area contributed by atoms with E-state index in [0.717, 1.165) is 17.0 Å². The minimum atomic E-state index is -2.41. The molecule has 0 aliphatic heterocycles. The molecule has 0 unspecified atom stereocenters. The Kier molecular flexibility index (Phi) is 4.52. The standard InChI is InChI=1S/C14H15F2N3/c1-10-6-19-13(9-18-10)8-17-7-11-2-4-12(5-3-11)14(15)16/h2-6,9,14,17H,7-8H2,1H3. The number of alkyl halides is 2. The molecule has 0 spiro atoms. The van der Waals surface area contributed by atoms with Crippen LogP contribution in [-0.2, 0) is 13.1 Å². The molecule has 19 heavy (non-hydrogen) atoms. The van der Waals surface area contributed by atoms with E-state index < -0.39 is 6.43 Å². The number of nitrogens with one attached hydrogen (secondary N) is 1. The van der Waals surface area contributed by atoms with Crippen LogP contribution in [0.25, 0.3) is 0 Å². The Morgan fingerprint density at radius 3 is 2.37 bits per heavy atom. The van der Waals surface area contributed by atoms with Gasteiger partial charge in [-0.25, -0.2) is 8.78 Å². The minimum absolute atomic E-state index is 0.0492. The van der Waals surface area contributed by atoms with Gasteiger partial charge in [0.05, 0.1) is 11.4 Å². The van der Waals surface area contributed by atoms with Crippen molar-refractivity contribution in [3.63, 3.8) is 0 Å². The van der Waals surface area contributed by atoms with Crippen molar-refractivity contribution in [1.29, 1.82) is 0 Å². The molecule has 1 N–H and O–H groups in total. The van der Waals surface area contributed by atoms with E-state index in [1.54, 1.807) is 24.5 Å². The quantitative estimate of drug-likeness (QED) is 0.901. The average molecular weight is 263 g/mol. The third-order valence-electron chi connectivity index (χ3n) is 2.70. The fourth-order valence-corrected chi connectivity index (χ4v) is 1.63. The minimum Gasteiger partial charge on any atom is -0.307 e. The summed E-state index contributed by atoms with van der Waals surface area (Å²) in [7, 11) is 0. The van der Waals surface area contributed by atoms with Crippen molar-refractivity contribution >= 4 is 0 Å². The summed E-state index contributed by atoms with van der Waals surface area (Å²) >= 11 is 0. The van der Waals surface area contributed by atoms with E-state index in [2.05, 4.69) is 15.3 Å². The van der Waals surface area contributed by atoms with E-state index in [1.807, 2.05) is 6.92 Å². The van der Waals surface area contributed by atoms with Gasteiger partial charge >= 0.3 is 0 Å². The molecule has 0 amide bonds. The molecule has 0 bridgehead atoms. The summed E-state index contributed by atoms with van der Waals surface area (Å²) in [5.41, 5.74) is 2.75. The Balaban J connectivity index is 1.83. The maximum absolute atomic E-state index is 12.4. The lowest BCUT2D eigenvalue weighted by atomic mass is 10.1. The van der Waals surface area contributed by atoms with Crippen molar-refractivity contribution in [3.8, 4) is 0 Å². The van der Waals surface area contributed by atoms with Gasteiger partial charge in [-0.1, -0.05) is 24.3 Å². The van der Waals surface area contributed by atoms with Crippen molar-refractivity contribution in [2.24, 2.45) is 0 Å². The molecule has 0 aliphatic carbocycles. The lowest BCUT2D eigenvalue weighted by Crippen LogP contribution is -2.14. The van der Waals surface area contributed by atoms with Crippen molar-refractivity contribution in [2.75, 3.05) is 0 Å². The van der Waals surface area contributed by atoms with Crippen LogP contribution in [0.2, 0.25) is 0 Å². The van der Waals surface area contributed by atoms with E-state index in [1.165, 1.54) is 12.1 Å². The molecule has 0 saturated heterocycles. The maximum atomic E-state index is 12.4. The number of hydrogen-bond donors (Lipinski definition) is 1. The lowest BCUT2D eigenvalue weighted by molar-refractivity contribution is 0.151. The number of hydrogen-bond acceptors (Lipinski definition) is 3. The Hall–Kier alpha value is -1.88. The van der Waals surface area contributed by atoms with Gasteiger partial charge in [-0.15, -0.1) is 0 Å². The number of aryl methyl sites for hydroxylation is 1.